The van der Waals surface area contributed by atoms with E-state index in [1.807, 2.05) is 11.7 Å². The largest absolute Gasteiger partial charge is 0.313 e. The summed E-state index contributed by atoms with van der Waals surface area (Å²) in [5.74, 6) is 1.06. The lowest BCUT2D eigenvalue weighted by molar-refractivity contribution is 0.229. The Morgan fingerprint density at radius 3 is 3.06 bits per heavy atom. The zero-order valence-corrected chi connectivity index (χ0v) is 11.6. The maximum absolute atomic E-state index is 4.33. The maximum Gasteiger partial charge on any atom is 0.140 e. The van der Waals surface area contributed by atoms with Crippen molar-refractivity contribution in [2.24, 2.45) is 7.05 Å². The Labute approximate surface area is 110 Å². The summed E-state index contributed by atoms with van der Waals surface area (Å²) in [5.41, 5.74) is 0. The summed E-state index contributed by atoms with van der Waals surface area (Å²) in [7, 11) is 1.97. The van der Waals surface area contributed by atoms with E-state index in [0.29, 0.717) is 6.04 Å². The van der Waals surface area contributed by atoms with E-state index in [4.69, 9.17) is 0 Å². The van der Waals surface area contributed by atoms with Gasteiger partial charge in [0.25, 0.3) is 0 Å². The number of aryl methyl sites for hydroxylation is 1. The molecule has 0 aromatic carbocycles. The second-order valence-electron chi connectivity index (χ2n) is 5.18. The van der Waals surface area contributed by atoms with Crippen LogP contribution in [0.2, 0.25) is 0 Å². The van der Waals surface area contributed by atoms with Crippen LogP contribution in [0.4, 0.5) is 0 Å². The molecule has 102 valence electrons. The summed E-state index contributed by atoms with van der Waals surface area (Å²) in [6.45, 7) is 6.62. The van der Waals surface area contributed by atoms with Crippen LogP contribution in [0.25, 0.3) is 0 Å². The van der Waals surface area contributed by atoms with Gasteiger partial charge in [0.05, 0.1) is 6.54 Å². The average molecular weight is 251 g/mol. The van der Waals surface area contributed by atoms with Gasteiger partial charge in [0.2, 0.25) is 0 Å². The minimum atomic E-state index is 0.662. The zero-order valence-electron chi connectivity index (χ0n) is 11.6. The number of hydrogen-bond donors (Lipinski definition) is 1. The van der Waals surface area contributed by atoms with Gasteiger partial charge >= 0.3 is 0 Å². The van der Waals surface area contributed by atoms with Gasteiger partial charge in [-0.25, -0.2) is 4.98 Å². The third kappa shape index (κ3) is 3.78. The molecule has 1 aromatic rings. The topological polar surface area (TPSA) is 46.0 Å². The predicted octanol–water partition coefficient (Wildman–Crippen LogP) is 1.17. The summed E-state index contributed by atoms with van der Waals surface area (Å²) in [6.07, 6.45) is 6.76. The Balaban J connectivity index is 1.89. The first-order valence-electron chi connectivity index (χ1n) is 7.08. The van der Waals surface area contributed by atoms with Crippen molar-refractivity contribution in [3.05, 3.63) is 12.2 Å². The van der Waals surface area contributed by atoms with Crippen molar-refractivity contribution in [1.82, 2.24) is 25.0 Å². The molecule has 0 saturated carbocycles. The number of unbranched alkanes of at least 4 members (excludes halogenated alkanes) is 1. The quantitative estimate of drug-likeness (QED) is 0.790. The van der Waals surface area contributed by atoms with Gasteiger partial charge in [-0.05, 0) is 32.4 Å². The second-order valence-corrected chi connectivity index (χ2v) is 5.18. The molecule has 0 spiro atoms. The number of hydrogen-bond acceptors (Lipinski definition) is 4. The fourth-order valence-electron chi connectivity index (χ4n) is 2.50. The van der Waals surface area contributed by atoms with Crippen LogP contribution in [0, 0.1) is 0 Å². The smallest absolute Gasteiger partial charge is 0.140 e. The van der Waals surface area contributed by atoms with Gasteiger partial charge in [-0.15, -0.1) is 0 Å². The number of nitrogens with zero attached hydrogens (tertiary/aromatic N) is 4. The highest BCUT2D eigenvalue weighted by atomic mass is 15.3. The summed E-state index contributed by atoms with van der Waals surface area (Å²) >= 11 is 0. The van der Waals surface area contributed by atoms with Crippen molar-refractivity contribution >= 4 is 0 Å². The van der Waals surface area contributed by atoms with Gasteiger partial charge in [-0.3, -0.25) is 9.58 Å². The summed E-state index contributed by atoms with van der Waals surface area (Å²) in [4.78, 5) is 6.84. The fourth-order valence-corrected chi connectivity index (χ4v) is 2.50. The Hall–Kier alpha value is -0.940. The minimum absolute atomic E-state index is 0.662. The molecule has 1 aromatic heterocycles. The Morgan fingerprint density at radius 1 is 1.56 bits per heavy atom. The Bertz CT molecular complexity index is 343. The molecule has 0 amide bonds. The monoisotopic (exact) mass is 251 g/mol. The SMILES string of the molecule is CCCCN(Cc1ncnn1C)CC1CCCN1. The molecular formula is C13H25N5. The van der Waals surface area contributed by atoms with Crippen LogP contribution in [0.15, 0.2) is 6.33 Å². The summed E-state index contributed by atoms with van der Waals surface area (Å²) < 4.78 is 1.88. The van der Waals surface area contributed by atoms with Crippen molar-refractivity contribution in [3.8, 4) is 0 Å². The van der Waals surface area contributed by atoms with E-state index >= 15 is 0 Å². The Morgan fingerprint density at radius 2 is 2.44 bits per heavy atom. The molecule has 0 bridgehead atoms. The molecule has 2 heterocycles. The van der Waals surface area contributed by atoms with Gasteiger partial charge in [0.15, 0.2) is 0 Å². The highest BCUT2D eigenvalue weighted by Crippen LogP contribution is 2.10. The van der Waals surface area contributed by atoms with Crippen molar-refractivity contribution in [3.63, 3.8) is 0 Å². The van der Waals surface area contributed by atoms with E-state index in [2.05, 4.69) is 27.2 Å². The van der Waals surface area contributed by atoms with E-state index in [1.165, 1.54) is 32.2 Å². The van der Waals surface area contributed by atoms with E-state index in [9.17, 15) is 0 Å². The molecule has 1 saturated heterocycles. The molecule has 5 heteroatoms. The molecule has 1 N–H and O–H groups in total. The van der Waals surface area contributed by atoms with E-state index in [1.54, 1.807) is 6.33 Å². The number of aromatic nitrogens is 3. The third-order valence-corrected chi connectivity index (χ3v) is 3.64. The summed E-state index contributed by atoms with van der Waals surface area (Å²) in [6, 6.07) is 0.662. The standard InChI is InChI=1S/C13H25N5/c1-3-4-8-18(9-12-6-5-7-14-12)10-13-15-11-16-17(13)2/h11-12,14H,3-10H2,1-2H3. The van der Waals surface area contributed by atoms with Crippen LogP contribution >= 0.6 is 0 Å². The predicted molar refractivity (Wildman–Crippen MR) is 72.2 cm³/mol. The first-order chi connectivity index (χ1) is 8.79. The van der Waals surface area contributed by atoms with Gasteiger partial charge in [-0.2, -0.15) is 5.10 Å². The molecule has 1 atom stereocenters. The van der Waals surface area contributed by atoms with Crippen LogP contribution in [-0.2, 0) is 13.6 Å². The number of rotatable bonds is 7. The highest BCUT2D eigenvalue weighted by Gasteiger charge is 2.18. The molecule has 1 unspecified atom stereocenters. The first-order valence-corrected chi connectivity index (χ1v) is 7.08. The number of nitrogens with one attached hydrogen (secondary N) is 1. The average Bonchev–Trinajstić information content (AvgIpc) is 2.99. The van der Waals surface area contributed by atoms with Crippen LogP contribution in [-0.4, -0.2) is 45.3 Å². The van der Waals surface area contributed by atoms with Crippen LogP contribution < -0.4 is 5.32 Å². The molecular weight excluding hydrogens is 226 g/mol. The lowest BCUT2D eigenvalue weighted by Crippen LogP contribution is -2.38. The molecule has 0 aliphatic carbocycles. The molecule has 0 radical (unpaired) electrons. The van der Waals surface area contributed by atoms with Crippen molar-refractivity contribution < 1.29 is 0 Å². The lowest BCUT2D eigenvalue weighted by Gasteiger charge is -2.25. The van der Waals surface area contributed by atoms with Gasteiger partial charge in [-0.1, -0.05) is 13.3 Å². The highest BCUT2D eigenvalue weighted by molar-refractivity contribution is 4.86. The third-order valence-electron chi connectivity index (χ3n) is 3.64. The lowest BCUT2D eigenvalue weighted by atomic mass is 10.2. The van der Waals surface area contributed by atoms with Crippen LogP contribution in [0.5, 0.6) is 0 Å². The molecule has 1 fully saturated rings. The van der Waals surface area contributed by atoms with Gasteiger partial charge < -0.3 is 5.32 Å². The van der Waals surface area contributed by atoms with E-state index in [-0.39, 0.29) is 0 Å². The normalized spacial score (nSPS) is 19.8. The zero-order chi connectivity index (χ0) is 12.8. The van der Waals surface area contributed by atoms with Gasteiger partial charge in [0.1, 0.15) is 12.2 Å². The molecule has 18 heavy (non-hydrogen) atoms. The fraction of sp³-hybridized carbons (Fsp3) is 0.846. The molecule has 1 aliphatic heterocycles. The van der Waals surface area contributed by atoms with E-state index < -0.39 is 0 Å². The van der Waals surface area contributed by atoms with E-state index in [0.717, 1.165) is 25.5 Å². The first kappa shape index (κ1) is 13.5. The molecule has 2 rings (SSSR count). The maximum atomic E-state index is 4.33. The second kappa shape index (κ2) is 6.85. The molecule has 1 aliphatic rings. The van der Waals surface area contributed by atoms with Crippen LogP contribution in [0.3, 0.4) is 0 Å². The van der Waals surface area contributed by atoms with Crippen molar-refractivity contribution in [2.75, 3.05) is 19.6 Å². The van der Waals surface area contributed by atoms with Crippen molar-refractivity contribution in [1.29, 1.82) is 0 Å². The van der Waals surface area contributed by atoms with Crippen LogP contribution in [0.1, 0.15) is 38.4 Å². The minimum Gasteiger partial charge on any atom is -0.313 e. The summed E-state index contributed by atoms with van der Waals surface area (Å²) in [5, 5.41) is 7.72. The van der Waals surface area contributed by atoms with Crippen molar-refractivity contribution in [2.45, 2.75) is 45.2 Å². The van der Waals surface area contributed by atoms with Gasteiger partial charge in [0, 0.05) is 19.6 Å². The molecule has 5 nitrogen and oxygen atoms in total. The Kier molecular flexibility index (Phi) is 5.13.